The number of aromatic nitrogens is 5. The van der Waals surface area contributed by atoms with E-state index in [-0.39, 0.29) is 75.6 Å². The molecule has 0 unspecified atom stereocenters. The third kappa shape index (κ3) is 21.1. The van der Waals surface area contributed by atoms with Gasteiger partial charge in [0.1, 0.15) is 40.7 Å². The van der Waals surface area contributed by atoms with Crippen molar-refractivity contribution < 1.29 is 90.3 Å². The quantitative estimate of drug-likeness (QED) is 0.0309. The SMILES string of the molecule is CCOc1ccc(-c2cccc(NC(=O)C3(c4ccc5c(c4)OCO5)CC3)n2)cc1.CNCc1ccc(-c2cccc(NC(=O)C3(c4ccc5c(c4)OCO5)CC3)n2)cc1.CS(=O)(=O)c1cccc(-c2cccc(NC(=O)C3(c4ccc5c(c4)OCO5)CC3)n2)c1.Cc1cc(-c2cccc(NC(=O)C3(c4ccc5c(c4)OCO5)CC3)n2)ccc1F.N#Cc1ccc(-c2cccc(NC(=O)C3(c4ccc5c(c4)OCO5)CC3)n2)cc1.[HH]. The number of nitriles is 1. The van der Waals surface area contributed by atoms with Gasteiger partial charge in [0.05, 0.1) is 78.7 Å². The number of pyridine rings is 5. The maximum atomic E-state index is 13.6. The molecule has 5 saturated carbocycles. The molecule has 5 aliphatic carbocycles. The van der Waals surface area contributed by atoms with Gasteiger partial charge in [-0.25, -0.2) is 37.7 Å². The lowest BCUT2D eigenvalue weighted by Gasteiger charge is -2.16. The molecule has 10 heterocycles. The number of aryl methyl sites for hydroxylation is 1. The van der Waals surface area contributed by atoms with Gasteiger partial charge in [-0.05, 0) is 312 Å². The van der Waals surface area contributed by atoms with Crippen molar-refractivity contribution in [1.82, 2.24) is 30.2 Å². The Labute approximate surface area is 859 Å². The molecular formula is C117H103FN12O18S. The molecule has 5 amide bonds. The van der Waals surface area contributed by atoms with Gasteiger partial charge in [-0.1, -0.05) is 109 Å². The number of nitrogens with one attached hydrogen (secondary N) is 6. The zero-order chi connectivity index (χ0) is 103. The Morgan fingerprint density at radius 1 is 0.349 bits per heavy atom. The molecule has 5 aliphatic heterocycles. The first kappa shape index (κ1) is 97.5. The molecule has 5 fully saturated rings. The number of ether oxygens (including phenoxy) is 11. The summed E-state index contributed by atoms with van der Waals surface area (Å²) in [6.45, 7) is 6.18. The lowest BCUT2D eigenvalue weighted by atomic mass is 9.94. The summed E-state index contributed by atoms with van der Waals surface area (Å²) in [5.74, 6) is 9.67. The van der Waals surface area contributed by atoms with Crippen molar-refractivity contribution in [3.05, 3.63) is 348 Å². The molecule has 6 N–H and O–H groups in total. The molecule has 15 aromatic rings. The first-order chi connectivity index (χ1) is 72.4. The highest BCUT2D eigenvalue weighted by Gasteiger charge is 2.56. The summed E-state index contributed by atoms with van der Waals surface area (Å²) in [4.78, 5) is 88.7. The van der Waals surface area contributed by atoms with E-state index in [2.05, 4.69) is 87.2 Å². The zero-order valence-corrected chi connectivity index (χ0v) is 82.4. The van der Waals surface area contributed by atoms with Crippen LogP contribution in [0.5, 0.6) is 63.2 Å². The maximum Gasteiger partial charge on any atom is 0.236 e. The van der Waals surface area contributed by atoms with Gasteiger partial charge in [-0.3, -0.25) is 24.0 Å². The fraction of sp³-hybridized carbons (Fsp3) is 0.222. The summed E-state index contributed by atoms with van der Waals surface area (Å²) < 4.78 is 96.9. The molecule has 149 heavy (non-hydrogen) atoms. The highest BCUT2D eigenvalue weighted by Crippen LogP contribution is 2.57. The number of rotatable bonds is 25. The molecular weight excluding hydrogens is 1910 g/mol. The third-order valence-electron chi connectivity index (χ3n) is 27.9. The van der Waals surface area contributed by atoms with Crippen LogP contribution in [0, 0.1) is 24.1 Å². The summed E-state index contributed by atoms with van der Waals surface area (Å²) in [6.07, 6.45) is 9.00. The number of carbonyl (C=O) groups excluding carboxylic acids is 5. The summed E-state index contributed by atoms with van der Waals surface area (Å²) in [5, 5.41) is 27.0. The summed E-state index contributed by atoms with van der Waals surface area (Å²) in [6, 6.07) is 92.8. The molecule has 5 aromatic heterocycles. The molecule has 752 valence electrons. The van der Waals surface area contributed by atoms with E-state index in [0.717, 1.165) is 155 Å². The average molecular weight is 2020 g/mol. The number of carbonyl (C=O) groups is 5. The summed E-state index contributed by atoms with van der Waals surface area (Å²) in [5.41, 5.74) is 12.2. The lowest BCUT2D eigenvalue weighted by Crippen LogP contribution is -2.28. The molecule has 0 bridgehead atoms. The highest BCUT2D eigenvalue weighted by molar-refractivity contribution is 7.90. The van der Waals surface area contributed by atoms with E-state index in [9.17, 15) is 36.8 Å². The second-order valence-electron chi connectivity index (χ2n) is 37.7. The number of halogens is 1. The van der Waals surface area contributed by atoms with Crippen molar-refractivity contribution in [1.29, 1.82) is 5.26 Å². The zero-order valence-electron chi connectivity index (χ0n) is 81.6. The molecule has 0 saturated heterocycles. The topological polar surface area (TPSA) is 381 Å². The molecule has 0 atom stereocenters. The maximum absolute atomic E-state index is 13.6. The van der Waals surface area contributed by atoms with Crippen LogP contribution in [0.15, 0.2) is 302 Å². The van der Waals surface area contributed by atoms with Crippen molar-refractivity contribution in [2.24, 2.45) is 0 Å². The van der Waals surface area contributed by atoms with Crippen LogP contribution in [-0.4, -0.2) is 117 Å². The van der Waals surface area contributed by atoms with Crippen LogP contribution in [0.2, 0.25) is 0 Å². The number of anilines is 5. The standard InChI is InChI=1S/C24H23N3O3.C24H22N2O4.C23H19FN2O3.C23H17N3O3.C23H20N2O5S.H2/c1-25-14-16-5-7-17(8-6-16)19-3-2-4-22(26-19)27-23(28)24(11-12-24)18-9-10-20-21(13-18)30-15-29-20;1-2-28-18-9-6-16(7-10-18)19-4-3-5-22(25-19)26-23(27)24(12-13-24)17-8-11-20-21(14-17)30-15-29-20;1-14-11-15(5-7-17(14)24)18-3-2-4-21(25-18)26-22(27)23(9-10-23)16-6-8-19-20(12-16)29-13-28-19;24-13-15-4-6-16(7-5-15)18-2-1-3-21(25-18)26-22(27)23(10-11-23)17-8-9-19-20(12-17)29-14-28-19;1-31(27,28)17-5-2-4-15(12-17)18-6-3-7-21(24-18)25-22(26)23(10-11-23)16-8-9-19-20(13-16)30-14-29-19;/h2-10,13,25H,11-12,14-15H2,1H3,(H,26,27,28);3-11,14H,2,12-13,15H2,1H3,(H,25,26,27);2-8,11-12H,9-10,13H2,1H3,(H,25,26,27);1-9,12H,10-11,14H2,(H,25,26,27);2-9,12-13H,10-11,14H2,1H3,(H,24,25,26);1H. The number of hydrogen-bond donors (Lipinski definition) is 6. The number of hydrogen-bond acceptors (Lipinski definition) is 25. The van der Waals surface area contributed by atoms with Crippen LogP contribution < -0.4 is 84.0 Å². The van der Waals surface area contributed by atoms with Gasteiger partial charge in [0.25, 0.3) is 0 Å². The van der Waals surface area contributed by atoms with Gasteiger partial charge < -0.3 is 84.0 Å². The van der Waals surface area contributed by atoms with Crippen molar-refractivity contribution in [3.8, 4) is 126 Å². The van der Waals surface area contributed by atoms with E-state index in [0.29, 0.717) is 110 Å². The van der Waals surface area contributed by atoms with E-state index in [4.69, 9.17) is 57.4 Å². The van der Waals surface area contributed by atoms with Crippen molar-refractivity contribution in [2.45, 2.75) is 117 Å². The molecule has 10 aliphatic rings. The van der Waals surface area contributed by atoms with E-state index in [1.807, 2.05) is 202 Å². The highest BCUT2D eigenvalue weighted by atomic mass is 32.2. The third-order valence-corrected chi connectivity index (χ3v) is 29.0. The van der Waals surface area contributed by atoms with Gasteiger partial charge in [0, 0.05) is 42.0 Å². The van der Waals surface area contributed by atoms with E-state index < -0.39 is 36.9 Å². The van der Waals surface area contributed by atoms with Crippen molar-refractivity contribution in [3.63, 3.8) is 0 Å². The Bertz CT molecular complexity index is 7720. The fourth-order valence-corrected chi connectivity index (χ4v) is 19.3. The normalized spacial score (nSPS) is 15.7. The number of benzene rings is 10. The molecule has 30 nitrogen and oxygen atoms in total. The van der Waals surface area contributed by atoms with Crippen LogP contribution in [0.4, 0.5) is 33.5 Å². The summed E-state index contributed by atoms with van der Waals surface area (Å²) >= 11 is 0. The van der Waals surface area contributed by atoms with E-state index >= 15 is 0 Å². The lowest BCUT2D eigenvalue weighted by molar-refractivity contribution is -0.119. The van der Waals surface area contributed by atoms with E-state index in [1.54, 1.807) is 85.8 Å². The number of fused-ring (bicyclic) bond motifs is 5. The number of sulfone groups is 1. The minimum Gasteiger partial charge on any atom is -0.494 e. The fourth-order valence-electron chi connectivity index (χ4n) is 18.6. The van der Waals surface area contributed by atoms with Crippen molar-refractivity contribution in [2.75, 3.05) is 80.5 Å². The van der Waals surface area contributed by atoms with E-state index in [1.165, 1.54) is 17.9 Å². The van der Waals surface area contributed by atoms with Crippen LogP contribution in [-0.2, 0) is 67.4 Å². The Morgan fingerprint density at radius 3 is 0.906 bits per heavy atom. The second-order valence-corrected chi connectivity index (χ2v) is 39.7. The molecule has 10 aromatic carbocycles. The van der Waals surface area contributed by atoms with Gasteiger partial charge in [-0.2, -0.15) is 5.26 Å². The van der Waals surface area contributed by atoms with Gasteiger partial charge >= 0.3 is 0 Å². The second kappa shape index (κ2) is 41.1. The van der Waals surface area contributed by atoms with Crippen LogP contribution >= 0.6 is 0 Å². The number of amides is 5. The molecule has 0 spiro atoms. The van der Waals surface area contributed by atoms with Crippen molar-refractivity contribution >= 4 is 68.5 Å². The minimum absolute atomic E-state index is 0. The predicted octanol–water partition coefficient (Wildman–Crippen LogP) is 20.8. The molecule has 25 rings (SSSR count). The smallest absolute Gasteiger partial charge is 0.236 e. The Morgan fingerprint density at radius 2 is 0.624 bits per heavy atom. The predicted molar refractivity (Wildman–Crippen MR) is 557 cm³/mol. The Hall–Kier alpha value is -17.6. The summed E-state index contributed by atoms with van der Waals surface area (Å²) in [7, 11) is -1.40. The Kier molecular flexibility index (Phi) is 26.9. The number of nitrogens with zero attached hydrogens (tertiary/aromatic N) is 6. The van der Waals surface area contributed by atoms with Crippen LogP contribution in [0.25, 0.3) is 56.3 Å². The first-order valence-electron chi connectivity index (χ1n) is 48.9. The first-order valence-corrected chi connectivity index (χ1v) is 50.8. The van der Waals surface area contributed by atoms with Gasteiger partial charge in [0.15, 0.2) is 67.3 Å². The van der Waals surface area contributed by atoms with Gasteiger partial charge in [-0.15, -0.1) is 0 Å². The largest absolute Gasteiger partial charge is 0.494 e. The monoisotopic (exact) mass is 2010 g/mol. The molecule has 32 heteroatoms. The van der Waals surface area contributed by atoms with Crippen LogP contribution in [0.3, 0.4) is 0 Å². The average Bonchev–Trinajstić information content (AvgIpc) is 1.61. The minimum atomic E-state index is -3.33. The van der Waals surface area contributed by atoms with Crippen LogP contribution in [0.1, 0.15) is 117 Å². The van der Waals surface area contributed by atoms with Gasteiger partial charge in [0.2, 0.25) is 63.5 Å². The molecule has 0 radical (unpaired) electrons. The Balaban J connectivity index is 0.000000113.